The number of amides is 1. The standard InChI is InChI=1S/C32H32Br2FN3O3/c1-20-25(3-2-4-28(20)35)30-26(31(40)21-5-9-23(33)10-6-21)17-37(19-29(39)38-15-13-36-14-16-38)18-27(30)32(41)22-7-11-24(34)12-8-22/h2-12,26-27,30,36H,13-19H2,1H3. The number of hydrogen-bond acceptors (Lipinski definition) is 5. The number of hydrogen-bond donors (Lipinski definition) is 1. The van der Waals surface area contributed by atoms with Crippen LogP contribution in [0.15, 0.2) is 75.7 Å². The van der Waals surface area contributed by atoms with Crippen molar-refractivity contribution in [3.63, 3.8) is 0 Å². The molecule has 0 aromatic heterocycles. The number of ketones is 2. The van der Waals surface area contributed by atoms with Gasteiger partial charge in [-0.3, -0.25) is 19.3 Å². The summed E-state index contributed by atoms with van der Waals surface area (Å²) in [4.78, 5) is 45.5. The molecule has 2 atom stereocenters. The number of likely N-dealkylation sites (tertiary alicyclic amines) is 1. The fraction of sp³-hybridized carbons (Fsp3) is 0.344. The molecule has 2 unspecified atom stereocenters. The Hall–Kier alpha value is -2.72. The number of benzene rings is 3. The molecule has 1 N–H and O–H groups in total. The predicted molar refractivity (Wildman–Crippen MR) is 164 cm³/mol. The predicted octanol–water partition coefficient (Wildman–Crippen LogP) is 5.49. The van der Waals surface area contributed by atoms with E-state index in [-0.39, 0.29) is 42.9 Å². The van der Waals surface area contributed by atoms with Crippen molar-refractivity contribution in [2.75, 3.05) is 45.8 Å². The molecule has 2 fully saturated rings. The van der Waals surface area contributed by atoms with E-state index in [2.05, 4.69) is 37.2 Å². The van der Waals surface area contributed by atoms with Gasteiger partial charge in [0.1, 0.15) is 5.82 Å². The number of carbonyl (C=O) groups excluding carboxylic acids is 3. The average Bonchev–Trinajstić information content (AvgIpc) is 2.99. The molecular weight excluding hydrogens is 653 g/mol. The number of halogens is 3. The molecule has 214 valence electrons. The fourth-order valence-corrected chi connectivity index (χ4v) is 6.57. The quantitative estimate of drug-likeness (QED) is 0.334. The highest BCUT2D eigenvalue weighted by atomic mass is 79.9. The summed E-state index contributed by atoms with van der Waals surface area (Å²) < 4.78 is 16.6. The first-order valence-electron chi connectivity index (χ1n) is 13.8. The van der Waals surface area contributed by atoms with Crippen molar-refractivity contribution >= 4 is 49.3 Å². The zero-order valence-corrected chi connectivity index (χ0v) is 26.0. The minimum atomic E-state index is -0.661. The first-order chi connectivity index (χ1) is 19.7. The highest BCUT2D eigenvalue weighted by Gasteiger charge is 2.46. The average molecular weight is 685 g/mol. The smallest absolute Gasteiger partial charge is 0.236 e. The molecule has 6 nitrogen and oxygen atoms in total. The maximum absolute atomic E-state index is 14.9. The van der Waals surface area contributed by atoms with Gasteiger partial charge in [0, 0.05) is 77.1 Å². The van der Waals surface area contributed by atoms with E-state index in [1.807, 2.05) is 40.1 Å². The number of rotatable bonds is 7. The van der Waals surface area contributed by atoms with E-state index in [0.29, 0.717) is 35.3 Å². The van der Waals surface area contributed by atoms with Gasteiger partial charge in [0.05, 0.1) is 6.54 Å². The normalized spacial score (nSPS) is 21.5. The maximum Gasteiger partial charge on any atom is 0.236 e. The molecule has 41 heavy (non-hydrogen) atoms. The van der Waals surface area contributed by atoms with Crippen LogP contribution >= 0.6 is 31.9 Å². The lowest BCUT2D eigenvalue weighted by Gasteiger charge is -2.44. The molecule has 1 amide bonds. The largest absolute Gasteiger partial charge is 0.339 e. The van der Waals surface area contributed by atoms with E-state index in [9.17, 15) is 18.8 Å². The van der Waals surface area contributed by atoms with Crippen molar-refractivity contribution in [2.24, 2.45) is 11.8 Å². The second kappa shape index (κ2) is 13.1. The van der Waals surface area contributed by atoms with Crippen LogP contribution in [-0.4, -0.2) is 73.1 Å². The Morgan fingerprint density at radius 1 is 0.829 bits per heavy atom. The van der Waals surface area contributed by atoms with Crippen LogP contribution in [0.4, 0.5) is 4.39 Å². The lowest BCUT2D eigenvalue weighted by Crippen LogP contribution is -2.55. The molecule has 3 aromatic rings. The minimum absolute atomic E-state index is 0.0171. The lowest BCUT2D eigenvalue weighted by molar-refractivity contribution is -0.133. The summed E-state index contributed by atoms with van der Waals surface area (Å²) in [7, 11) is 0. The zero-order valence-electron chi connectivity index (χ0n) is 22.8. The molecule has 2 aliphatic rings. The molecule has 9 heteroatoms. The SMILES string of the molecule is Cc1c(F)cccc1C1C(C(=O)c2ccc(Br)cc2)CN(CC(=O)N2CCNCC2)CC1C(=O)c1ccc(Br)cc1. The van der Waals surface area contributed by atoms with E-state index < -0.39 is 17.8 Å². The molecule has 0 aliphatic carbocycles. The van der Waals surface area contributed by atoms with E-state index >= 15 is 0 Å². The minimum Gasteiger partial charge on any atom is -0.339 e. The number of piperazine rings is 1. The number of nitrogens with one attached hydrogen (secondary N) is 1. The van der Waals surface area contributed by atoms with Crippen LogP contribution in [0.3, 0.4) is 0 Å². The Morgan fingerprint density at radius 3 is 1.85 bits per heavy atom. The lowest BCUT2D eigenvalue weighted by atomic mass is 9.68. The van der Waals surface area contributed by atoms with Crippen molar-refractivity contribution in [1.29, 1.82) is 0 Å². The van der Waals surface area contributed by atoms with Crippen molar-refractivity contribution in [3.8, 4) is 0 Å². The molecular formula is C32H32Br2FN3O3. The van der Waals surface area contributed by atoms with Gasteiger partial charge in [-0.25, -0.2) is 4.39 Å². The van der Waals surface area contributed by atoms with Crippen LogP contribution in [0.2, 0.25) is 0 Å². The molecule has 0 saturated carbocycles. The molecule has 0 radical (unpaired) electrons. The van der Waals surface area contributed by atoms with Crippen LogP contribution in [0.5, 0.6) is 0 Å². The summed E-state index contributed by atoms with van der Waals surface area (Å²) in [6, 6.07) is 19.2. The van der Waals surface area contributed by atoms with Crippen molar-refractivity contribution in [2.45, 2.75) is 12.8 Å². The Bertz CT molecular complexity index is 1360. The first kappa shape index (κ1) is 29.8. The third-order valence-corrected chi connectivity index (χ3v) is 9.26. The van der Waals surface area contributed by atoms with Gasteiger partial charge in [-0.15, -0.1) is 0 Å². The van der Waals surface area contributed by atoms with Gasteiger partial charge in [0.25, 0.3) is 0 Å². The summed E-state index contributed by atoms with van der Waals surface area (Å²) in [5.74, 6) is -2.53. The van der Waals surface area contributed by atoms with Gasteiger partial charge < -0.3 is 10.2 Å². The number of carbonyl (C=O) groups is 3. The van der Waals surface area contributed by atoms with Gasteiger partial charge in [-0.05, 0) is 48.4 Å². The highest BCUT2D eigenvalue weighted by Crippen LogP contribution is 2.42. The molecule has 2 heterocycles. The summed E-state index contributed by atoms with van der Waals surface area (Å²) in [5.41, 5.74) is 2.12. The van der Waals surface area contributed by atoms with E-state index in [1.54, 1.807) is 37.3 Å². The second-order valence-corrected chi connectivity index (χ2v) is 12.6. The van der Waals surface area contributed by atoms with E-state index in [4.69, 9.17) is 0 Å². The third-order valence-electron chi connectivity index (χ3n) is 8.21. The van der Waals surface area contributed by atoms with Crippen LogP contribution in [0.25, 0.3) is 0 Å². The maximum atomic E-state index is 14.9. The molecule has 3 aromatic carbocycles. The Labute approximate surface area is 256 Å². The summed E-state index contributed by atoms with van der Waals surface area (Å²) in [6.07, 6.45) is 0. The highest BCUT2D eigenvalue weighted by molar-refractivity contribution is 9.10. The summed E-state index contributed by atoms with van der Waals surface area (Å²) in [5, 5.41) is 3.26. The molecule has 5 rings (SSSR count). The molecule has 0 spiro atoms. The molecule has 2 aliphatic heterocycles. The first-order valence-corrected chi connectivity index (χ1v) is 15.4. The van der Waals surface area contributed by atoms with Crippen LogP contribution in [0.1, 0.15) is 37.8 Å². The Morgan fingerprint density at radius 2 is 1.34 bits per heavy atom. The Balaban J connectivity index is 1.58. The van der Waals surface area contributed by atoms with Crippen LogP contribution in [0, 0.1) is 24.6 Å². The van der Waals surface area contributed by atoms with Crippen LogP contribution < -0.4 is 5.32 Å². The fourth-order valence-electron chi connectivity index (χ4n) is 6.04. The summed E-state index contributed by atoms with van der Waals surface area (Å²) in [6.45, 7) is 5.12. The number of nitrogens with zero attached hydrogens (tertiary/aromatic N) is 2. The summed E-state index contributed by atoms with van der Waals surface area (Å²) >= 11 is 6.87. The third kappa shape index (κ3) is 6.69. The van der Waals surface area contributed by atoms with E-state index in [0.717, 1.165) is 22.0 Å². The number of piperidine rings is 1. The van der Waals surface area contributed by atoms with Gasteiger partial charge in [0.2, 0.25) is 5.91 Å². The van der Waals surface area contributed by atoms with Crippen molar-refractivity contribution in [3.05, 3.63) is 104 Å². The number of Topliss-reactive ketones (excluding diaryl/α,β-unsaturated/α-hetero) is 2. The van der Waals surface area contributed by atoms with Crippen molar-refractivity contribution in [1.82, 2.24) is 15.1 Å². The second-order valence-electron chi connectivity index (χ2n) is 10.8. The van der Waals surface area contributed by atoms with Crippen molar-refractivity contribution < 1.29 is 18.8 Å². The van der Waals surface area contributed by atoms with Gasteiger partial charge >= 0.3 is 0 Å². The van der Waals surface area contributed by atoms with Gasteiger partial charge in [0.15, 0.2) is 11.6 Å². The van der Waals surface area contributed by atoms with E-state index in [1.165, 1.54) is 6.07 Å². The topological polar surface area (TPSA) is 69.7 Å². The monoisotopic (exact) mass is 683 g/mol. The van der Waals surface area contributed by atoms with Gasteiger partial charge in [-0.1, -0.05) is 68.3 Å². The molecule has 2 saturated heterocycles. The zero-order chi connectivity index (χ0) is 29.1. The Kier molecular flexibility index (Phi) is 9.49. The molecule has 0 bridgehead atoms. The van der Waals surface area contributed by atoms with Gasteiger partial charge in [-0.2, -0.15) is 0 Å². The van der Waals surface area contributed by atoms with Crippen LogP contribution in [-0.2, 0) is 4.79 Å².